The van der Waals surface area contributed by atoms with E-state index >= 15 is 0 Å². The van der Waals surface area contributed by atoms with Crippen LogP contribution in [-0.4, -0.2) is 60.2 Å². The molecular formula is C23H33ClN4O3S. The van der Waals surface area contributed by atoms with Gasteiger partial charge in [0.1, 0.15) is 10.6 Å². The van der Waals surface area contributed by atoms with Crippen molar-refractivity contribution in [3.63, 3.8) is 0 Å². The molecule has 0 unspecified atom stereocenters. The Hall–Kier alpha value is -1.61. The summed E-state index contributed by atoms with van der Waals surface area (Å²) in [6.45, 7) is 7.11. The number of halogens is 1. The van der Waals surface area contributed by atoms with Gasteiger partial charge in [0.2, 0.25) is 10.0 Å². The van der Waals surface area contributed by atoms with E-state index in [-0.39, 0.29) is 12.0 Å². The summed E-state index contributed by atoms with van der Waals surface area (Å²) >= 11 is 6.65. The number of hydrogen-bond acceptors (Lipinski definition) is 5. The van der Waals surface area contributed by atoms with Crippen LogP contribution < -0.4 is 4.74 Å². The molecule has 7 nitrogen and oxygen atoms in total. The Bertz CT molecular complexity index is 1070. The molecule has 0 amide bonds. The van der Waals surface area contributed by atoms with E-state index < -0.39 is 10.0 Å². The van der Waals surface area contributed by atoms with Crippen LogP contribution in [0.5, 0.6) is 5.75 Å². The average Bonchev–Trinajstić information content (AvgIpc) is 3.30. The minimum Gasteiger partial charge on any atom is -0.489 e. The zero-order chi connectivity index (χ0) is 23.0. The molecule has 4 rings (SSSR count). The van der Waals surface area contributed by atoms with Gasteiger partial charge in [0.15, 0.2) is 0 Å². The van der Waals surface area contributed by atoms with E-state index in [1.54, 1.807) is 32.6 Å². The molecule has 0 spiro atoms. The number of sulfonamides is 1. The largest absolute Gasteiger partial charge is 0.489 e. The number of aromatic nitrogens is 2. The van der Waals surface area contributed by atoms with Crippen molar-refractivity contribution in [2.24, 2.45) is 13.0 Å². The molecule has 0 atom stereocenters. The number of rotatable bonds is 8. The number of ether oxygens (including phenoxy) is 1. The van der Waals surface area contributed by atoms with Crippen LogP contribution in [0.4, 0.5) is 0 Å². The van der Waals surface area contributed by atoms with Crippen LogP contribution in [0.15, 0.2) is 23.1 Å². The summed E-state index contributed by atoms with van der Waals surface area (Å²) in [7, 11) is -0.156. The van der Waals surface area contributed by atoms with Gasteiger partial charge in [0.05, 0.1) is 22.5 Å². The molecule has 2 aromatic rings. The molecular weight excluding hydrogens is 448 g/mol. The monoisotopic (exact) mass is 480 g/mol. The zero-order valence-corrected chi connectivity index (χ0v) is 20.9. The normalized spacial score (nSPS) is 21.8. The van der Waals surface area contributed by atoms with E-state index in [9.17, 15) is 8.42 Å². The predicted molar refractivity (Wildman–Crippen MR) is 126 cm³/mol. The SMILES string of the molecule is Cc1nn(C)c(C)c1S(=O)(=O)N(C)CC1CC(Oc2cccc(CN3CCCC3)c2Cl)C1. The summed E-state index contributed by atoms with van der Waals surface area (Å²) < 4.78 is 35.4. The number of hydrogen-bond donors (Lipinski definition) is 0. The van der Waals surface area contributed by atoms with E-state index in [2.05, 4.69) is 16.1 Å². The minimum atomic E-state index is -3.57. The number of benzene rings is 1. The fourth-order valence-corrected chi connectivity index (χ4v) is 6.66. The molecule has 1 saturated heterocycles. The molecule has 2 fully saturated rings. The Morgan fingerprint density at radius 3 is 2.53 bits per heavy atom. The Labute approximate surface area is 196 Å². The van der Waals surface area contributed by atoms with Gasteiger partial charge in [-0.25, -0.2) is 12.7 Å². The van der Waals surface area contributed by atoms with Gasteiger partial charge in [-0.3, -0.25) is 9.58 Å². The molecule has 1 aromatic heterocycles. The molecule has 0 N–H and O–H groups in total. The molecule has 0 bridgehead atoms. The first-order valence-corrected chi connectivity index (χ1v) is 13.1. The molecule has 2 heterocycles. The van der Waals surface area contributed by atoms with Crippen LogP contribution in [-0.2, 0) is 23.6 Å². The van der Waals surface area contributed by atoms with E-state index in [0.717, 1.165) is 43.8 Å². The molecule has 1 aliphatic heterocycles. The van der Waals surface area contributed by atoms with Crippen LogP contribution in [0.3, 0.4) is 0 Å². The Kier molecular flexibility index (Phi) is 6.86. The van der Waals surface area contributed by atoms with Crippen molar-refractivity contribution in [2.75, 3.05) is 26.7 Å². The number of aryl methyl sites for hydroxylation is 2. The fourth-order valence-electron chi connectivity index (χ4n) is 4.80. The number of nitrogens with zero attached hydrogens (tertiary/aromatic N) is 4. The summed E-state index contributed by atoms with van der Waals surface area (Å²) in [6, 6.07) is 5.99. The van der Waals surface area contributed by atoms with Gasteiger partial charge in [-0.05, 0) is 70.2 Å². The molecule has 1 aliphatic carbocycles. The van der Waals surface area contributed by atoms with Gasteiger partial charge in [0, 0.05) is 27.2 Å². The molecule has 2 aliphatic rings. The third-order valence-corrected chi connectivity index (χ3v) is 9.25. The van der Waals surface area contributed by atoms with Crippen molar-refractivity contribution in [3.8, 4) is 5.75 Å². The van der Waals surface area contributed by atoms with Crippen LogP contribution in [0.1, 0.15) is 42.6 Å². The van der Waals surface area contributed by atoms with Crippen molar-refractivity contribution in [1.82, 2.24) is 19.0 Å². The Morgan fingerprint density at radius 2 is 1.91 bits per heavy atom. The maximum atomic E-state index is 13.1. The third-order valence-electron chi connectivity index (χ3n) is 6.75. The summed E-state index contributed by atoms with van der Waals surface area (Å²) in [4.78, 5) is 2.74. The molecule has 1 saturated carbocycles. The smallest absolute Gasteiger partial charge is 0.246 e. The van der Waals surface area contributed by atoms with Crippen LogP contribution in [0.25, 0.3) is 0 Å². The van der Waals surface area contributed by atoms with E-state index in [1.807, 2.05) is 12.1 Å². The van der Waals surface area contributed by atoms with Gasteiger partial charge >= 0.3 is 0 Å². The second-order valence-electron chi connectivity index (χ2n) is 9.20. The molecule has 176 valence electrons. The average molecular weight is 481 g/mol. The van der Waals surface area contributed by atoms with Crippen molar-refractivity contribution >= 4 is 21.6 Å². The summed E-state index contributed by atoms with van der Waals surface area (Å²) in [5.41, 5.74) is 2.30. The van der Waals surface area contributed by atoms with Crippen molar-refractivity contribution in [3.05, 3.63) is 40.2 Å². The highest BCUT2D eigenvalue weighted by molar-refractivity contribution is 7.89. The fraction of sp³-hybridized carbons (Fsp3) is 0.609. The highest BCUT2D eigenvalue weighted by atomic mass is 35.5. The number of likely N-dealkylation sites (tertiary alicyclic amines) is 1. The predicted octanol–water partition coefficient (Wildman–Crippen LogP) is 3.76. The second-order valence-corrected chi connectivity index (χ2v) is 11.6. The second kappa shape index (κ2) is 9.33. The lowest BCUT2D eigenvalue weighted by atomic mass is 9.82. The van der Waals surface area contributed by atoms with Crippen LogP contribution in [0, 0.1) is 19.8 Å². The van der Waals surface area contributed by atoms with Gasteiger partial charge in [-0.1, -0.05) is 23.7 Å². The van der Waals surface area contributed by atoms with Gasteiger partial charge < -0.3 is 4.74 Å². The van der Waals surface area contributed by atoms with Crippen LogP contribution >= 0.6 is 11.6 Å². The third kappa shape index (κ3) is 4.69. The minimum absolute atomic E-state index is 0.0671. The quantitative estimate of drug-likeness (QED) is 0.575. The zero-order valence-electron chi connectivity index (χ0n) is 19.3. The van der Waals surface area contributed by atoms with Gasteiger partial charge in [0.25, 0.3) is 0 Å². The van der Waals surface area contributed by atoms with E-state index in [1.165, 1.54) is 17.1 Å². The molecule has 0 radical (unpaired) electrons. The first-order chi connectivity index (χ1) is 15.2. The maximum absolute atomic E-state index is 13.1. The Balaban J connectivity index is 1.33. The van der Waals surface area contributed by atoms with Crippen LogP contribution in [0.2, 0.25) is 5.02 Å². The van der Waals surface area contributed by atoms with Crippen molar-refractivity contribution < 1.29 is 13.2 Å². The van der Waals surface area contributed by atoms with Crippen molar-refractivity contribution in [1.29, 1.82) is 0 Å². The lowest BCUT2D eigenvalue weighted by Crippen LogP contribution is -2.42. The lowest BCUT2D eigenvalue weighted by Gasteiger charge is -2.37. The summed E-state index contributed by atoms with van der Waals surface area (Å²) in [5, 5.41) is 4.95. The highest BCUT2D eigenvalue weighted by Gasteiger charge is 2.36. The lowest BCUT2D eigenvalue weighted by molar-refractivity contribution is 0.0575. The summed E-state index contributed by atoms with van der Waals surface area (Å²) in [5.74, 6) is 0.998. The highest BCUT2D eigenvalue weighted by Crippen LogP contribution is 2.37. The van der Waals surface area contributed by atoms with Crippen molar-refractivity contribution in [2.45, 2.75) is 57.1 Å². The first kappa shape index (κ1) is 23.5. The van der Waals surface area contributed by atoms with Gasteiger partial charge in [-0.2, -0.15) is 5.10 Å². The molecule has 1 aromatic carbocycles. The molecule has 32 heavy (non-hydrogen) atoms. The van der Waals surface area contributed by atoms with E-state index in [4.69, 9.17) is 16.3 Å². The van der Waals surface area contributed by atoms with E-state index in [0.29, 0.717) is 27.9 Å². The standard InChI is InChI=1S/C23H33ClN4O3S/c1-16-23(17(2)27(4)25-16)32(29,30)26(3)14-18-12-20(13-18)31-21-9-7-8-19(22(21)24)15-28-10-5-6-11-28/h7-9,18,20H,5-6,10-15H2,1-4H3. The topological polar surface area (TPSA) is 67.7 Å². The summed E-state index contributed by atoms with van der Waals surface area (Å²) in [6.07, 6.45) is 4.20. The maximum Gasteiger partial charge on any atom is 0.246 e. The Morgan fingerprint density at radius 1 is 1.22 bits per heavy atom. The first-order valence-electron chi connectivity index (χ1n) is 11.3. The van der Waals surface area contributed by atoms with Gasteiger partial charge in [-0.15, -0.1) is 0 Å². The molecule has 9 heteroatoms.